The third kappa shape index (κ3) is 2.82. The molecule has 1 N–H and O–H groups in total. The van der Waals surface area contributed by atoms with E-state index in [-0.39, 0.29) is 17.3 Å². The van der Waals surface area contributed by atoms with E-state index in [1.165, 1.54) is 0 Å². The van der Waals surface area contributed by atoms with Crippen LogP contribution in [0.2, 0.25) is 5.02 Å². The number of nitrogens with one attached hydrogen (secondary N) is 1. The van der Waals surface area contributed by atoms with E-state index < -0.39 is 11.4 Å². The van der Waals surface area contributed by atoms with Gasteiger partial charge in [-0.15, -0.1) is 0 Å². The maximum atomic E-state index is 11.8. The minimum Gasteiger partial charge on any atom is -0.461 e. The minimum absolute atomic E-state index is 0.00764. The van der Waals surface area contributed by atoms with E-state index in [0.29, 0.717) is 11.4 Å². The summed E-state index contributed by atoms with van der Waals surface area (Å²) in [6, 6.07) is 6.30. The summed E-state index contributed by atoms with van der Waals surface area (Å²) in [5.74, 6) is -0.603. The predicted molar refractivity (Wildman–Crippen MR) is 71.3 cm³/mol. The van der Waals surface area contributed by atoms with Gasteiger partial charge in [0.2, 0.25) is 5.43 Å². The van der Waals surface area contributed by atoms with Gasteiger partial charge >= 0.3 is 5.97 Å². The Morgan fingerprint density at radius 1 is 1.47 bits per heavy atom. The SMILES string of the molecule is CCOC(=O)c1cc(=O)c(Cl)c(-c2ccccn2)[nH]1. The lowest BCUT2D eigenvalue weighted by Crippen LogP contribution is -2.14. The van der Waals surface area contributed by atoms with E-state index in [0.717, 1.165) is 6.07 Å². The molecule has 0 bridgehead atoms. The number of hydrogen-bond acceptors (Lipinski definition) is 4. The largest absolute Gasteiger partial charge is 0.461 e. The van der Waals surface area contributed by atoms with Crippen molar-refractivity contribution in [1.82, 2.24) is 9.97 Å². The fourth-order valence-corrected chi connectivity index (χ4v) is 1.75. The normalized spacial score (nSPS) is 10.2. The van der Waals surface area contributed by atoms with Gasteiger partial charge in [0.05, 0.1) is 18.0 Å². The van der Waals surface area contributed by atoms with Crippen LogP contribution in [0.5, 0.6) is 0 Å². The lowest BCUT2D eigenvalue weighted by Gasteiger charge is -2.07. The third-order valence-corrected chi connectivity index (χ3v) is 2.76. The van der Waals surface area contributed by atoms with E-state index in [4.69, 9.17) is 16.3 Å². The van der Waals surface area contributed by atoms with Gasteiger partial charge in [-0.05, 0) is 19.1 Å². The molecule has 6 heteroatoms. The third-order valence-electron chi connectivity index (χ3n) is 2.39. The quantitative estimate of drug-likeness (QED) is 0.874. The molecular weight excluding hydrogens is 268 g/mol. The van der Waals surface area contributed by atoms with Crippen LogP contribution in [-0.4, -0.2) is 22.5 Å². The maximum absolute atomic E-state index is 11.8. The van der Waals surface area contributed by atoms with Gasteiger partial charge < -0.3 is 9.72 Å². The Hall–Kier alpha value is -2.14. The van der Waals surface area contributed by atoms with Crippen LogP contribution in [0.1, 0.15) is 17.4 Å². The highest BCUT2D eigenvalue weighted by Gasteiger charge is 2.15. The van der Waals surface area contributed by atoms with Crippen molar-refractivity contribution in [3.63, 3.8) is 0 Å². The van der Waals surface area contributed by atoms with Crippen molar-refractivity contribution >= 4 is 17.6 Å². The molecule has 2 rings (SSSR count). The summed E-state index contributed by atoms with van der Waals surface area (Å²) in [4.78, 5) is 30.3. The van der Waals surface area contributed by atoms with Crippen molar-refractivity contribution in [2.45, 2.75) is 6.92 Å². The first kappa shape index (κ1) is 13.3. The summed E-state index contributed by atoms with van der Waals surface area (Å²) in [7, 11) is 0. The van der Waals surface area contributed by atoms with Crippen LogP contribution in [-0.2, 0) is 4.74 Å². The number of carbonyl (C=O) groups excluding carboxylic acids is 1. The molecule has 0 aromatic carbocycles. The average molecular weight is 279 g/mol. The number of nitrogens with zero attached hydrogens (tertiary/aromatic N) is 1. The summed E-state index contributed by atoms with van der Waals surface area (Å²) in [5, 5.41) is -0.00764. The van der Waals surface area contributed by atoms with Crippen LogP contribution < -0.4 is 5.43 Å². The number of halogens is 1. The van der Waals surface area contributed by atoms with Gasteiger partial charge in [-0.25, -0.2) is 4.79 Å². The Kier molecular flexibility index (Phi) is 3.97. The fraction of sp³-hybridized carbons (Fsp3) is 0.154. The number of aromatic nitrogens is 2. The zero-order valence-corrected chi connectivity index (χ0v) is 10.9. The van der Waals surface area contributed by atoms with Crippen molar-refractivity contribution in [3.8, 4) is 11.4 Å². The summed E-state index contributed by atoms with van der Waals surface area (Å²) < 4.78 is 4.84. The molecule has 0 saturated heterocycles. The number of carbonyl (C=O) groups is 1. The standard InChI is InChI=1S/C13H11ClN2O3/c1-2-19-13(18)9-7-10(17)11(14)12(16-9)8-5-3-4-6-15-8/h3-7H,2H2,1H3,(H,16,17). The molecule has 0 fully saturated rings. The Balaban J connectivity index is 2.56. The maximum Gasteiger partial charge on any atom is 0.354 e. The molecule has 2 aromatic heterocycles. The van der Waals surface area contributed by atoms with Gasteiger partial charge in [0.25, 0.3) is 0 Å². The number of esters is 1. The van der Waals surface area contributed by atoms with Gasteiger partial charge in [-0.1, -0.05) is 17.7 Å². The van der Waals surface area contributed by atoms with E-state index in [2.05, 4.69) is 9.97 Å². The molecule has 0 saturated carbocycles. The number of rotatable bonds is 3. The molecule has 5 nitrogen and oxygen atoms in total. The van der Waals surface area contributed by atoms with E-state index in [1.54, 1.807) is 31.3 Å². The topological polar surface area (TPSA) is 72.1 Å². The second kappa shape index (κ2) is 5.67. The van der Waals surface area contributed by atoms with E-state index in [9.17, 15) is 9.59 Å². The molecule has 2 heterocycles. The molecule has 98 valence electrons. The number of aromatic amines is 1. The summed E-state index contributed by atoms with van der Waals surface area (Å²) >= 11 is 5.95. The second-order valence-electron chi connectivity index (χ2n) is 3.67. The van der Waals surface area contributed by atoms with Crippen LogP contribution in [0.25, 0.3) is 11.4 Å². The van der Waals surface area contributed by atoms with Gasteiger partial charge in [0.1, 0.15) is 10.7 Å². The Morgan fingerprint density at radius 3 is 2.89 bits per heavy atom. The highest BCUT2D eigenvalue weighted by Crippen LogP contribution is 2.21. The summed E-state index contributed by atoms with van der Waals surface area (Å²) in [6.45, 7) is 1.91. The van der Waals surface area contributed by atoms with Crippen LogP contribution >= 0.6 is 11.6 Å². The molecule has 0 atom stereocenters. The number of pyridine rings is 2. The lowest BCUT2D eigenvalue weighted by molar-refractivity contribution is 0.0519. The van der Waals surface area contributed by atoms with Crippen molar-refractivity contribution in [2.24, 2.45) is 0 Å². The molecule has 0 radical (unpaired) electrons. The number of ether oxygens (including phenoxy) is 1. The minimum atomic E-state index is -0.603. The molecule has 2 aromatic rings. The monoisotopic (exact) mass is 278 g/mol. The zero-order valence-electron chi connectivity index (χ0n) is 10.1. The van der Waals surface area contributed by atoms with Crippen molar-refractivity contribution in [2.75, 3.05) is 6.61 Å². The highest BCUT2D eigenvalue weighted by atomic mass is 35.5. The number of hydrogen-bond donors (Lipinski definition) is 1. The molecule has 0 unspecified atom stereocenters. The van der Waals surface area contributed by atoms with Gasteiger partial charge in [-0.2, -0.15) is 0 Å². The molecular formula is C13H11ClN2O3. The van der Waals surface area contributed by atoms with Crippen molar-refractivity contribution < 1.29 is 9.53 Å². The van der Waals surface area contributed by atoms with Crippen LogP contribution in [0.15, 0.2) is 35.3 Å². The lowest BCUT2D eigenvalue weighted by atomic mass is 10.2. The van der Waals surface area contributed by atoms with Gasteiger partial charge in [0.15, 0.2) is 0 Å². The molecule has 0 spiro atoms. The van der Waals surface area contributed by atoms with Gasteiger partial charge in [0, 0.05) is 12.3 Å². The molecule has 0 aliphatic rings. The first-order valence-electron chi connectivity index (χ1n) is 5.64. The highest BCUT2D eigenvalue weighted by molar-refractivity contribution is 6.32. The predicted octanol–water partition coefficient (Wildman–Crippen LogP) is 2.27. The summed E-state index contributed by atoms with van der Waals surface area (Å²) in [6.07, 6.45) is 1.57. The van der Waals surface area contributed by atoms with Crippen LogP contribution in [0, 0.1) is 0 Å². The van der Waals surface area contributed by atoms with E-state index in [1.807, 2.05) is 0 Å². The van der Waals surface area contributed by atoms with Crippen LogP contribution in [0.4, 0.5) is 0 Å². The van der Waals surface area contributed by atoms with Gasteiger partial charge in [-0.3, -0.25) is 9.78 Å². The molecule has 0 aliphatic carbocycles. The smallest absolute Gasteiger partial charge is 0.354 e. The first-order chi connectivity index (χ1) is 9.13. The van der Waals surface area contributed by atoms with Crippen LogP contribution in [0.3, 0.4) is 0 Å². The average Bonchev–Trinajstić information content (AvgIpc) is 2.43. The van der Waals surface area contributed by atoms with Crippen molar-refractivity contribution in [3.05, 3.63) is 51.4 Å². The Morgan fingerprint density at radius 2 is 2.26 bits per heavy atom. The molecule has 0 amide bonds. The molecule has 19 heavy (non-hydrogen) atoms. The fourth-order valence-electron chi connectivity index (χ4n) is 1.55. The summed E-state index contributed by atoms with van der Waals surface area (Å²) in [5.41, 5.74) is 0.384. The Labute approximate surface area is 114 Å². The first-order valence-corrected chi connectivity index (χ1v) is 6.02. The molecule has 0 aliphatic heterocycles. The number of H-pyrrole nitrogens is 1. The van der Waals surface area contributed by atoms with Crippen molar-refractivity contribution in [1.29, 1.82) is 0 Å². The Bertz CT molecular complexity index is 653. The second-order valence-corrected chi connectivity index (χ2v) is 4.05. The van der Waals surface area contributed by atoms with E-state index >= 15 is 0 Å². The zero-order chi connectivity index (χ0) is 13.8.